The van der Waals surface area contributed by atoms with Gasteiger partial charge in [-0.3, -0.25) is 4.90 Å². The molecule has 1 aliphatic heterocycles. The minimum Gasteiger partial charge on any atom is -0.490 e. The summed E-state index contributed by atoms with van der Waals surface area (Å²) in [4.78, 5) is 2.57. The summed E-state index contributed by atoms with van der Waals surface area (Å²) in [5, 5.41) is 3.62. The van der Waals surface area contributed by atoms with E-state index in [0.29, 0.717) is 19.3 Å². The number of nitrogens with zero attached hydrogens (tertiary/aromatic N) is 1. The lowest BCUT2D eigenvalue weighted by atomic mass is 10.1. The number of ether oxygens (including phenoxy) is 2. The van der Waals surface area contributed by atoms with Crippen molar-refractivity contribution in [3.05, 3.63) is 59.7 Å². The van der Waals surface area contributed by atoms with Crippen LogP contribution in [0.2, 0.25) is 0 Å². The molecule has 0 aliphatic carbocycles. The summed E-state index contributed by atoms with van der Waals surface area (Å²) in [6.45, 7) is 9.72. The van der Waals surface area contributed by atoms with Crippen molar-refractivity contribution < 1.29 is 9.47 Å². The van der Waals surface area contributed by atoms with Crippen molar-refractivity contribution >= 4 is 0 Å². The third kappa shape index (κ3) is 5.72. The van der Waals surface area contributed by atoms with E-state index < -0.39 is 0 Å². The molecule has 1 atom stereocenters. The number of likely N-dealkylation sites (N-methyl/N-ethyl adjacent to an activating group) is 1. The Morgan fingerprint density at radius 1 is 1.00 bits per heavy atom. The standard InChI is InChI=1S/C23H32N2O2/c1-3-25-14-8-11-21(25)17-24-16-20-12-13-22(23(15-20)26-4-2)27-18-19-9-6-5-7-10-19/h5-7,9-10,12-13,15,21,24H,3-4,8,11,14,16-18H2,1-2H3/t21-/m1/s1. The normalized spacial score (nSPS) is 17.2. The van der Waals surface area contributed by atoms with Crippen LogP contribution in [-0.2, 0) is 13.2 Å². The van der Waals surface area contributed by atoms with Crippen LogP contribution in [0.1, 0.15) is 37.8 Å². The smallest absolute Gasteiger partial charge is 0.161 e. The monoisotopic (exact) mass is 368 g/mol. The second-order valence-corrected chi connectivity index (χ2v) is 7.04. The van der Waals surface area contributed by atoms with Crippen LogP contribution in [0.15, 0.2) is 48.5 Å². The van der Waals surface area contributed by atoms with Gasteiger partial charge in [0.05, 0.1) is 6.61 Å². The van der Waals surface area contributed by atoms with Gasteiger partial charge < -0.3 is 14.8 Å². The van der Waals surface area contributed by atoms with Gasteiger partial charge in [0.2, 0.25) is 0 Å². The fourth-order valence-electron chi connectivity index (χ4n) is 3.71. The maximum absolute atomic E-state index is 5.99. The van der Waals surface area contributed by atoms with Crippen molar-refractivity contribution in [1.82, 2.24) is 10.2 Å². The van der Waals surface area contributed by atoms with E-state index in [9.17, 15) is 0 Å². The third-order valence-corrected chi connectivity index (χ3v) is 5.16. The molecule has 2 aromatic carbocycles. The molecule has 0 amide bonds. The van der Waals surface area contributed by atoms with Gasteiger partial charge in [-0.2, -0.15) is 0 Å². The maximum atomic E-state index is 5.99. The Labute approximate surface area is 163 Å². The van der Waals surface area contributed by atoms with Gasteiger partial charge in [0, 0.05) is 19.1 Å². The van der Waals surface area contributed by atoms with Crippen LogP contribution in [0.4, 0.5) is 0 Å². The van der Waals surface area contributed by atoms with Gasteiger partial charge >= 0.3 is 0 Å². The number of benzene rings is 2. The number of hydrogen-bond donors (Lipinski definition) is 1. The summed E-state index contributed by atoms with van der Waals surface area (Å²) in [5.41, 5.74) is 2.38. The summed E-state index contributed by atoms with van der Waals surface area (Å²) < 4.78 is 11.8. The SMILES string of the molecule is CCOc1cc(CNC[C@H]2CCCN2CC)ccc1OCc1ccccc1. The van der Waals surface area contributed by atoms with Crippen LogP contribution >= 0.6 is 0 Å². The van der Waals surface area contributed by atoms with Gasteiger partial charge in [-0.1, -0.05) is 43.3 Å². The third-order valence-electron chi connectivity index (χ3n) is 5.16. The van der Waals surface area contributed by atoms with Crippen molar-refractivity contribution in [2.75, 3.05) is 26.2 Å². The number of hydrogen-bond acceptors (Lipinski definition) is 4. The highest BCUT2D eigenvalue weighted by atomic mass is 16.5. The molecular weight excluding hydrogens is 336 g/mol. The molecule has 1 fully saturated rings. The molecule has 0 aromatic heterocycles. The Hall–Kier alpha value is -2.04. The fourth-order valence-corrected chi connectivity index (χ4v) is 3.71. The zero-order chi connectivity index (χ0) is 18.9. The summed E-state index contributed by atoms with van der Waals surface area (Å²) in [6.07, 6.45) is 2.62. The van der Waals surface area contributed by atoms with Gasteiger partial charge in [0.25, 0.3) is 0 Å². The van der Waals surface area contributed by atoms with Gasteiger partial charge in [-0.05, 0) is 56.1 Å². The topological polar surface area (TPSA) is 33.7 Å². The van der Waals surface area contributed by atoms with Crippen molar-refractivity contribution in [1.29, 1.82) is 0 Å². The molecule has 27 heavy (non-hydrogen) atoms. The first kappa shape index (κ1) is 19.7. The Morgan fingerprint density at radius 2 is 1.85 bits per heavy atom. The molecule has 3 rings (SSSR count). The fraction of sp³-hybridized carbons (Fsp3) is 0.478. The summed E-state index contributed by atoms with van der Waals surface area (Å²) in [5.74, 6) is 1.63. The Morgan fingerprint density at radius 3 is 2.63 bits per heavy atom. The molecule has 1 aliphatic rings. The van der Waals surface area contributed by atoms with Crippen LogP contribution in [0.5, 0.6) is 11.5 Å². The van der Waals surface area contributed by atoms with E-state index >= 15 is 0 Å². The maximum Gasteiger partial charge on any atom is 0.161 e. The highest BCUT2D eigenvalue weighted by Crippen LogP contribution is 2.29. The van der Waals surface area contributed by atoms with Crippen LogP contribution in [-0.4, -0.2) is 37.2 Å². The Balaban J connectivity index is 1.55. The molecule has 4 heteroatoms. The molecular formula is C23H32N2O2. The van der Waals surface area contributed by atoms with E-state index in [1.165, 1.54) is 24.9 Å². The van der Waals surface area contributed by atoms with Crippen LogP contribution < -0.4 is 14.8 Å². The van der Waals surface area contributed by atoms with Gasteiger partial charge in [0.15, 0.2) is 11.5 Å². The van der Waals surface area contributed by atoms with Crippen molar-refractivity contribution in [3.8, 4) is 11.5 Å². The molecule has 2 aromatic rings. The zero-order valence-electron chi connectivity index (χ0n) is 16.6. The summed E-state index contributed by atoms with van der Waals surface area (Å²) in [6, 6.07) is 17.1. The quantitative estimate of drug-likeness (QED) is 0.680. The second-order valence-electron chi connectivity index (χ2n) is 7.04. The predicted molar refractivity (Wildman–Crippen MR) is 110 cm³/mol. The molecule has 4 nitrogen and oxygen atoms in total. The molecule has 146 valence electrons. The van der Waals surface area contributed by atoms with E-state index in [1.54, 1.807) is 0 Å². The number of nitrogens with one attached hydrogen (secondary N) is 1. The average Bonchev–Trinajstić information content (AvgIpc) is 3.16. The van der Waals surface area contributed by atoms with E-state index in [-0.39, 0.29) is 0 Å². The lowest BCUT2D eigenvalue weighted by molar-refractivity contribution is 0.259. The molecule has 1 N–H and O–H groups in total. The van der Waals surface area contributed by atoms with Gasteiger partial charge in [0.1, 0.15) is 6.61 Å². The first-order valence-electron chi connectivity index (χ1n) is 10.2. The Bertz CT molecular complexity index is 690. The van der Waals surface area contributed by atoms with Crippen LogP contribution in [0.3, 0.4) is 0 Å². The van der Waals surface area contributed by atoms with Gasteiger partial charge in [-0.25, -0.2) is 0 Å². The highest BCUT2D eigenvalue weighted by molar-refractivity contribution is 5.43. The van der Waals surface area contributed by atoms with Crippen molar-refractivity contribution in [3.63, 3.8) is 0 Å². The molecule has 1 saturated heterocycles. The molecule has 0 spiro atoms. The largest absolute Gasteiger partial charge is 0.490 e. The number of rotatable bonds is 10. The van der Waals surface area contributed by atoms with Crippen LogP contribution in [0, 0.1) is 0 Å². The predicted octanol–water partition coefficient (Wildman–Crippen LogP) is 4.24. The van der Waals surface area contributed by atoms with E-state index in [4.69, 9.17) is 9.47 Å². The lowest BCUT2D eigenvalue weighted by Crippen LogP contribution is -2.37. The summed E-state index contributed by atoms with van der Waals surface area (Å²) in [7, 11) is 0. The molecule has 0 radical (unpaired) electrons. The Kier molecular flexibility index (Phi) is 7.55. The lowest BCUT2D eigenvalue weighted by Gasteiger charge is -2.23. The van der Waals surface area contributed by atoms with Crippen LogP contribution in [0.25, 0.3) is 0 Å². The second kappa shape index (κ2) is 10.3. The van der Waals surface area contributed by atoms with Crippen molar-refractivity contribution in [2.24, 2.45) is 0 Å². The molecule has 1 heterocycles. The van der Waals surface area contributed by atoms with Gasteiger partial charge in [-0.15, -0.1) is 0 Å². The molecule has 0 bridgehead atoms. The molecule has 0 unspecified atom stereocenters. The zero-order valence-corrected chi connectivity index (χ0v) is 16.6. The number of likely N-dealkylation sites (tertiary alicyclic amines) is 1. The highest BCUT2D eigenvalue weighted by Gasteiger charge is 2.22. The summed E-state index contributed by atoms with van der Waals surface area (Å²) >= 11 is 0. The first-order chi connectivity index (χ1) is 13.3. The minimum atomic E-state index is 0.549. The van der Waals surface area contributed by atoms with E-state index in [2.05, 4.69) is 41.4 Å². The average molecular weight is 369 g/mol. The van der Waals surface area contributed by atoms with E-state index in [1.807, 2.05) is 31.2 Å². The van der Waals surface area contributed by atoms with Crippen molar-refractivity contribution in [2.45, 2.75) is 45.9 Å². The minimum absolute atomic E-state index is 0.549. The van der Waals surface area contributed by atoms with E-state index in [0.717, 1.165) is 36.7 Å². The molecule has 0 saturated carbocycles. The first-order valence-corrected chi connectivity index (χ1v) is 10.2.